The first-order valence-corrected chi connectivity index (χ1v) is 9.88. The number of esters is 1. The third-order valence-corrected chi connectivity index (χ3v) is 5.28. The van der Waals surface area contributed by atoms with E-state index in [2.05, 4.69) is 4.72 Å². The number of ether oxygens (including phenoxy) is 4. The Morgan fingerprint density at radius 3 is 2.21 bits per heavy atom. The van der Waals surface area contributed by atoms with Crippen molar-refractivity contribution in [2.75, 3.05) is 34.5 Å². The van der Waals surface area contributed by atoms with Crippen molar-refractivity contribution < 1.29 is 32.2 Å². The lowest BCUT2D eigenvalue weighted by Crippen LogP contribution is -2.31. The highest BCUT2D eigenvalue weighted by atomic mass is 32.2. The summed E-state index contributed by atoms with van der Waals surface area (Å²) in [5, 5.41) is 0. The van der Waals surface area contributed by atoms with Crippen LogP contribution in [-0.2, 0) is 26.0 Å². The summed E-state index contributed by atoms with van der Waals surface area (Å²) in [6.07, 6.45) is 0.512. The van der Waals surface area contributed by atoms with Gasteiger partial charge in [-0.1, -0.05) is 12.1 Å². The van der Waals surface area contributed by atoms with Gasteiger partial charge in [0.2, 0.25) is 10.0 Å². The van der Waals surface area contributed by atoms with Crippen molar-refractivity contribution in [2.24, 2.45) is 0 Å². The lowest BCUT2D eigenvalue weighted by atomic mass is 10.1. The Hall–Kier alpha value is -2.78. The van der Waals surface area contributed by atoms with E-state index in [1.54, 1.807) is 7.11 Å². The lowest BCUT2D eigenvalue weighted by molar-refractivity contribution is -0.142. The molecule has 2 aromatic carbocycles. The van der Waals surface area contributed by atoms with Crippen molar-refractivity contribution in [3.8, 4) is 17.2 Å². The van der Waals surface area contributed by atoms with Gasteiger partial charge in [-0.3, -0.25) is 4.79 Å². The maximum Gasteiger partial charge on any atom is 0.321 e. The Labute approximate surface area is 164 Å². The van der Waals surface area contributed by atoms with Gasteiger partial charge in [-0.25, -0.2) is 8.42 Å². The van der Waals surface area contributed by atoms with E-state index < -0.39 is 22.5 Å². The summed E-state index contributed by atoms with van der Waals surface area (Å²) in [5.74, 6) is 0.745. The molecule has 0 spiro atoms. The van der Waals surface area contributed by atoms with Crippen LogP contribution in [0.25, 0.3) is 0 Å². The van der Waals surface area contributed by atoms with Gasteiger partial charge in [0.05, 0.1) is 32.8 Å². The average molecular weight is 409 g/mol. The van der Waals surface area contributed by atoms with Crippen LogP contribution in [0, 0.1) is 0 Å². The fourth-order valence-corrected chi connectivity index (χ4v) is 3.33. The second kappa shape index (κ2) is 9.95. The molecule has 0 amide bonds. The molecular formula is C19H23NO7S. The molecule has 8 nitrogen and oxygen atoms in total. The summed E-state index contributed by atoms with van der Waals surface area (Å²) < 4.78 is 47.2. The van der Waals surface area contributed by atoms with Crippen LogP contribution in [0.2, 0.25) is 0 Å². The van der Waals surface area contributed by atoms with Gasteiger partial charge in [-0.05, 0) is 29.8 Å². The van der Waals surface area contributed by atoms with E-state index >= 15 is 0 Å². The Bertz CT molecular complexity index is 895. The number of hydrogen-bond donors (Lipinski definition) is 1. The lowest BCUT2D eigenvalue weighted by Gasteiger charge is -2.11. The number of carbonyl (C=O) groups is 1. The highest BCUT2D eigenvalue weighted by Crippen LogP contribution is 2.29. The molecule has 2 aromatic rings. The summed E-state index contributed by atoms with van der Waals surface area (Å²) in [5.41, 5.74) is 0.972. The SMILES string of the molecule is COc1ccc(CCOC(=O)CNS(=O)(=O)c2ccc(OC)c(OC)c2)cc1. The van der Waals surface area contributed by atoms with Crippen LogP contribution in [-0.4, -0.2) is 48.9 Å². The standard InChI is InChI=1S/C19H23NO7S/c1-24-15-6-4-14(5-7-15)10-11-27-19(21)13-20-28(22,23)16-8-9-17(25-2)18(12-16)26-3/h4-9,12,20H,10-11,13H2,1-3H3. The number of carbonyl (C=O) groups excluding carboxylic acids is 1. The van der Waals surface area contributed by atoms with E-state index in [-0.39, 0.29) is 17.3 Å². The van der Waals surface area contributed by atoms with Crippen molar-refractivity contribution in [3.05, 3.63) is 48.0 Å². The van der Waals surface area contributed by atoms with Gasteiger partial charge in [0.1, 0.15) is 12.3 Å². The van der Waals surface area contributed by atoms with Crippen molar-refractivity contribution >= 4 is 16.0 Å². The van der Waals surface area contributed by atoms with E-state index in [1.165, 1.54) is 32.4 Å². The van der Waals surface area contributed by atoms with Crippen LogP contribution in [0.3, 0.4) is 0 Å². The molecule has 2 rings (SSSR count). The van der Waals surface area contributed by atoms with Gasteiger partial charge >= 0.3 is 5.97 Å². The number of benzene rings is 2. The second-order valence-electron chi connectivity index (χ2n) is 5.66. The number of nitrogens with one attached hydrogen (secondary N) is 1. The Morgan fingerprint density at radius 2 is 1.61 bits per heavy atom. The maximum atomic E-state index is 12.3. The van der Waals surface area contributed by atoms with Gasteiger partial charge in [0, 0.05) is 12.5 Å². The van der Waals surface area contributed by atoms with Crippen molar-refractivity contribution in [1.82, 2.24) is 4.72 Å². The second-order valence-corrected chi connectivity index (χ2v) is 7.43. The fraction of sp³-hybridized carbons (Fsp3) is 0.316. The van der Waals surface area contributed by atoms with Crippen molar-refractivity contribution in [1.29, 1.82) is 0 Å². The van der Waals surface area contributed by atoms with Crippen LogP contribution in [0.1, 0.15) is 5.56 Å². The largest absolute Gasteiger partial charge is 0.497 e. The topological polar surface area (TPSA) is 100 Å². The van der Waals surface area contributed by atoms with Gasteiger partial charge in [0.15, 0.2) is 11.5 Å². The number of sulfonamides is 1. The first-order valence-electron chi connectivity index (χ1n) is 8.40. The molecule has 0 bridgehead atoms. The zero-order chi connectivity index (χ0) is 20.6. The molecule has 152 valence electrons. The van der Waals surface area contributed by atoms with E-state index in [0.717, 1.165) is 11.3 Å². The van der Waals surface area contributed by atoms with E-state index in [0.29, 0.717) is 12.2 Å². The molecule has 0 aliphatic rings. The van der Waals surface area contributed by atoms with Gasteiger partial charge in [0.25, 0.3) is 0 Å². The first kappa shape index (κ1) is 21.5. The Morgan fingerprint density at radius 1 is 0.929 bits per heavy atom. The van der Waals surface area contributed by atoms with Crippen molar-refractivity contribution in [2.45, 2.75) is 11.3 Å². The normalized spacial score (nSPS) is 11.0. The molecule has 0 saturated heterocycles. The quantitative estimate of drug-likeness (QED) is 0.597. The molecule has 0 fully saturated rings. The Kier molecular flexibility index (Phi) is 7.65. The summed E-state index contributed by atoms with van der Waals surface area (Å²) >= 11 is 0. The van der Waals surface area contributed by atoms with E-state index in [4.69, 9.17) is 18.9 Å². The third-order valence-electron chi connectivity index (χ3n) is 3.88. The minimum atomic E-state index is -3.90. The zero-order valence-electron chi connectivity index (χ0n) is 15.9. The minimum absolute atomic E-state index is 0.0452. The number of methoxy groups -OCH3 is 3. The zero-order valence-corrected chi connectivity index (χ0v) is 16.7. The molecule has 0 atom stereocenters. The smallest absolute Gasteiger partial charge is 0.321 e. The first-order chi connectivity index (χ1) is 13.4. The van der Waals surface area contributed by atoms with E-state index in [1.807, 2.05) is 24.3 Å². The summed E-state index contributed by atoms with van der Waals surface area (Å²) in [7, 11) is 0.540. The molecule has 0 radical (unpaired) electrons. The van der Waals surface area contributed by atoms with E-state index in [9.17, 15) is 13.2 Å². The number of rotatable bonds is 10. The minimum Gasteiger partial charge on any atom is -0.497 e. The molecule has 0 aliphatic heterocycles. The van der Waals surface area contributed by atoms with Gasteiger partial charge in [-0.2, -0.15) is 4.72 Å². The molecule has 0 aliphatic carbocycles. The van der Waals surface area contributed by atoms with Crippen molar-refractivity contribution in [3.63, 3.8) is 0 Å². The number of hydrogen-bond acceptors (Lipinski definition) is 7. The van der Waals surface area contributed by atoms with Crippen LogP contribution >= 0.6 is 0 Å². The molecule has 0 saturated carbocycles. The highest BCUT2D eigenvalue weighted by molar-refractivity contribution is 7.89. The average Bonchev–Trinajstić information content (AvgIpc) is 2.72. The van der Waals surface area contributed by atoms with Gasteiger partial charge < -0.3 is 18.9 Å². The summed E-state index contributed by atoms with van der Waals surface area (Å²) in [4.78, 5) is 11.8. The molecule has 28 heavy (non-hydrogen) atoms. The van der Waals surface area contributed by atoms with Crippen LogP contribution in [0.5, 0.6) is 17.2 Å². The van der Waals surface area contributed by atoms with Crippen LogP contribution < -0.4 is 18.9 Å². The molecule has 1 N–H and O–H groups in total. The highest BCUT2D eigenvalue weighted by Gasteiger charge is 2.18. The fourth-order valence-electron chi connectivity index (χ4n) is 2.35. The molecule has 9 heteroatoms. The van der Waals surface area contributed by atoms with Crippen LogP contribution in [0.15, 0.2) is 47.4 Å². The predicted molar refractivity (Wildman–Crippen MR) is 102 cm³/mol. The maximum absolute atomic E-state index is 12.3. The molecule has 0 unspecified atom stereocenters. The Balaban J connectivity index is 1.85. The predicted octanol–water partition coefficient (Wildman–Crippen LogP) is 1.78. The third kappa shape index (κ3) is 5.86. The summed E-state index contributed by atoms with van der Waals surface area (Å²) in [6.45, 7) is -0.331. The molecule has 0 aromatic heterocycles. The molecular weight excluding hydrogens is 386 g/mol. The summed E-state index contributed by atoms with van der Waals surface area (Å²) in [6, 6.07) is 11.5. The van der Waals surface area contributed by atoms with Gasteiger partial charge in [-0.15, -0.1) is 0 Å². The molecule has 0 heterocycles. The monoisotopic (exact) mass is 409 g/mol. The van der Waals surface area contributed by atoms with Crippen LogP contribution in [0.4, 0.5) is 0 Å².